The summed E-state index contributed by atoms with van der Waals surface area (Å²) in [4.78, 5) is 11.8. The molecule has 0 bridgehead atoms. The third kappa shape index (κ3) is 4.34. The summed E-state index contributed by atoms with van der Waals surface area (Å²) in [5.41, 5.74) is 4.15. The van der Waals surface area contributed by atoms with E-state index in [0.29, 0.717) is 11.5 Å². The highest BCUT2D eigenvalue weighted by molar-refractivity contribution is 5.99. The second kappa shape index (κ2) is 7.83. The van der Waals surface area contributed by atoms with Gasteiger partial charge in [0.25, 0.3) is 5.91 Å². The molecule has 0 unspecified atom stereocenters. The van der Waals surface area contributed by atoms with Crippen molar-refractivity contribution in [3.05, 3.63) is 60.2 Å². The van der Waals surface area contributed by atoms with Crippen molar-refractivity contribution < 1.29 is 14.3 Å². The number of nitrogens with zero attached hydrogens (tertiary/aromatic N) is 1. The summed E-state index contributed by atoms with van der Waals surface area (Å²) >= 11 is 0. The molecule has 1 N–H and O–H groups in total. The third-order valence-corrected chi connectivity index (χ3v) is 2.97. The Kier molecular flexibility index (Phi) is 5.54. The highest BCUT2D eigenvalue weighted by Gasteiger charge is 2.06. The first kappa shape index (κ1) is 15.6. The van der Waals surface area contributed by atoms with Gasteiger partial charge in [0.15, 0.2) is 18.1 Å². The molecular formula is C17H18N2O3. The van der Waals surface area contributed by atoms with Gasteiger partial charge < -0.3 is 9.47 Å². The molecular weight excluding hydrogens is 280 g/mol. The molecule has 0 aliphatic rings. The van der Waals surface area contributed by atoms with Crippen LogP contribution >= 0.6 is 0 Å². The van der Waals surface area contributed by atoms with E-state index in [4.69, 9.17) is 9.47 Å². The topological polar surface area (TPSA) is 59.9 Å². The Morgan fingerprint density at radius 2 is 1.68 bits per heavy atom. The van der Waals surface area contributed by atoms with Crippen molar-refractivity contribution >= 4 is 11.6 Å². The summed E-state index contributed by atoms with van der Waals surface area (Å²) < 4.78 is 10.6. The molecule has 2 aromatic rings. The minimum atomic E-state index is -0.332. The molecule has 0 fully saturated rings. The van der Waals surface area contributed by atoms with Crippen molar-refractivity contribution in [3.8, 4) is 11.5 Å². The number of hydrogen-bond acceptors (Lipinski definition) is 4. The van der Waals surface area contributed by atoms with E-state index < -0.39 is 0 Å². The maximum absolute atomic E-state index is 11.8. The van der Waals surface area contributed by atoms with E-state index in [-0.39, 0.29) is 12.5 Å². The molecule has 0 heterocycles. The fourth-order valence-electron chi connectivity index (χ4n) is 1.80. The fraction of sp³-hybridized carbons (Fsp3) is 0.176. The van der Waals surface area contributed by atoms with E-state index in [1.165, 1.54) is 0 Å². The Bertz CT molecular complexity index is 654. The van der Waals surface area contributed by atoms with Gasteiger partial charge in [-0.2, -0.15) is 5.10 Å². The van der Waals surface area contributed by atoms with Crippen molar-refractivity contribution in [2.24, 2.45) is 5.10 Å². The molecule has 0 saturated heterocycles. The summed E-state index contributed by atoms with van der Waals surface area (Å²) in [6, 6.07) is 16.8. The van der Waals surface area contributed by atoms with Gasteiger partial charge in [-0.05, 0) is 24.6 Å². The largest absolute Gasteiger partial charge is 0.493 e. The van der Waals surface area contributed by atoms with Gasteiger partial charge in [-0.3, -0.25) is 4.79 Å². The van der Waals surface area contributed by atoms with Crippen molar-refractivity contribution in [2.75, 3.05) is 13.7 Å². The molecule has 0 aromatic heterocycles. The Labute approximate surface area is 129 Å². The SMILES string of the molecule is COc1ccccc1OCC(=O)NN=C(C)c1ccccc1. The van der Waals surface area contributed by atoms with Crippen LogP contribution in [0.1, 0.15) is 12.5 Å². The van der Waals surface area contributed by atoms with Gasteiger partial charge in [0, 0.05) is 0 Å². The summed E-state index contributed by atoms with van der Waals surface area (Å²) in [6.45, 7) is 1.70. The highest BCUT2D eigenvalue weighted by Crippen LogP contribution is 2.25. The number of ether oxygens (including phenoxy) is 2. The first-order valence-corrected chi connectivity index (χ1v) is 6.85. The molecule has 5 heteroatoms. The standard InChI is InChI=1S/C17H18N2O3/c1-13(14-8-4-3-5-9-14)18-19-17(20)12-22-16-11-7-6-10-15(16)21-2/h3-11H,12H2,1-2H3,(H,19,20). The predicted octanol–water partition coefficient (Wildman–Crippen LogP) is 2.61. The van der Waals surface area contributed by atoms with Gasteiger partial charge in [0.05, 0.1) is 12.8 Å². The number of carbonyl (C=O) groups excluding carboxylic acids is 1. The van der Waals surface area contributed by atoms with Crippen LogP contribution in [0.25, 0.3) is 0 Å². The zero-order valence-corrected chi connectivity index (χ0v) is 12.6. The zero-order chi connectivity index (χ0) is 15.8. The van der Waals surface area contributed by atoms with Crippen molar-refractivity contribution in [1.82, 2.24) is 5.43 Å². The number of para-hydroxylation sites is 2. The lowest BCUT2D eigenvalue weighted by atomic mass is 10.1. The van der Waals surface area contributed by atoms with E-state index >= 15 is 0 Å². The lowest BCUT2D eigenvalue weighted by molar-refractivity contribution is -0.123. The van der Waals surface area contributed by atoms with Gasteiger partial charge in [-0.1, -0.05) is 42.5 Å². The second-order valence-corrected chi connectivity index (χ2v) is 4.54. The Morgan fingerprint density at radius 3 is 2.36 bits per heavy atom. The van der Waals surface area contributed by atoms with Crippen LogP contribution in [-0.2, 0) is 4.79 Å². The summed E-state index contributed by atoms with van der Waals surface area (Å²) in [5.74, 6) is 0.768. The molecule has 0 atom stereocenters. The zero-order valence-electron chi connectivity index (χ0n) is 12.6. The molecule has 22 heavy (non-hydrogen) atoms. The summed E-state index contributed by atoms with van der Waals surface area (Å²) in [7, 11) is 1.55. The number of carbonyl (C=O) groups is 1. The van der Waals surface area contributed by atoms with Crippen LogP contribution in [0.4, 0.5) is 0 Å². The van der Waals surface area contributed by atoms with Gasteiger partial charge in [0.1, 0.15) is 0 Å². The number of nitrogens with one attached hydrogen (secondary N) is 1. The molecule has 0 saturated carbocycles. The quantitative estimate of drug-likeness (QED) is 0.659. The molecule has 0 aliphatic heterocycles. The van der Waals surface area contributed by atoms with E-state index in [1.807, 2.05) is 49.4 Å². The average molecular weight is 298 g/mol. The van der Waals surface area contributed by atoms with Crippen LogP contribution in [0.15, 0.2) is 59.7 Å². The number of rotatable bonds is 6. The highest BCUT2D eigenvalue weighted by atomic mass is 16.5. The molecule has 5 nitrogen and oxygen atoms in total. The Morgan fingerprint density at radius 1 is 1.05 bits per heavy atom. The van der Waals surface area contributed by atoms with Gasteiger partial charge >= 0.3 is 0 Å². The molecule has 2 rings (SSSR count). The lowest BCUT2D eigenvalue weighted by Gasteiger charge is -2.09. The Hall–Kier alpha value is -2.82. The number of hydrogen-bond donors (Lipinski definition) is 1. The van der Waals surface area contributed by atoms with E-state index in [0.717, 1.165) is 11.3 Å². The maximum atomic E-state index is 11.8. The monoisotopic (exact) mass is 298 g/mol. The van der Waals surface area contributed by atoms with E-state index in [1.54, 1.807) is 19.2 Å². The molecule has 0 aliphatic carbocycles. The van der Waals surface area contributed by atoms with Gasteiger partial charge in [0.2, 0.25) is 0 Å². The summed E-state index contributed by atoms with van der Waals surface area (Å²) in [6.07, 6.45) is 0. The first-order valence-electron chi connectivity index (χ1n) is 6.85. The number of amides is 1. The van der Waals surface area contributed by atoms with Crippen LogP contribution in [0, 0.1) is 0 Å². The Balaban J connectivity index is 1.88. The molecule has 0 radical (unpaired) electrons. The normalized spacial score (nSPS) is 10.9. The number of benzene rings is 2. The van der Waals surface area contributed by atoms with E-state index in [2.05, 4.69) is 10.5 Å². The second-order valence-electron chi connectivity index (χ2n) is 4.54. The first-order chi connectivity index (χ1) is 10.7. The minimum Gasteiger partial charge on any atom is -0.493 e. The van der Waals surface area contributed by atoms with Crippen LogP contribution in [0.5, 0.6) is 11.5 Å². The van der Waals surface area contributed by atoms with Gasteiger partial charge in [-0.15, -0.1) is 0 Å². The molecule has 1 amide bonds. The van der Waals surface area contributed by atoms with E-state index in [9.17, 15) is 4.79 Å². The van der Waals surface area contributed by atoms with Crippen LogP contribution in [0.3, 0.4) is 0 Å². The van der Waals surface area contributed by atoms with Crippen LogP contribution in [-0.4, -0.2) is 25.3 Å². The predicted molar refractivity (Wildman–Crippen MR) is 85.3 cm³/mol. The molecule has 114 valence electrons. The fourth-order valence-corrected chi connectivity index (χ4v) is 1.80. The van der Waals surface area contributed by atoms with Crippen molar-refractivity contribution in [2.45, 2.75) is 6.92 Å². The van der Waals surface area contributed by atoms with Crippen LogP contribution < -0.4 is 14.9 Å². The average Bonchev–Trinajstić information content (AvgIpc) is 2.58. The third-order valence-electron chi connectivity index (χ3n) is 2.97. The minimum absolute atomic E-state index is 0.133. The number of methoxy groups -OCH3 is 1. The molecule has 2 aromatic carbocycles. The number of hydrazone groups is 1. The molecule has 0 spiro atoms. The van der Waals surface area contributed by atoms with Crippen molar-refractivity contribution in [1.29, 1.82) is 0 Å². The lowest BCUT2D eigenvalue weighted by Crippen LogP contribution is -2.25. The summed E-state index contributed by atoms with van der Waals surface area (Å²) in [5, 5.41) is 4.06. The van der Waals surface area contributed by atoms with Crippen molar-refractivity contribution in [3.63, 3.8) is 0 Å². The maximum Gasteiger partial charge on any atom is 0.277 e. The van der Waals surface area contributed by atoms with Gasteiger partial charge in [-0.25, -0.2) is 5.43 Å². The van der Waals surface area contributed by atoms with Crippen LogP contribution in [0.2, 0.25) is 0 Å². The smallest absolute Gasteiger partial charge is 0.277 e.